The summed E-state index contributed by atoms with van der Waals surface area (Å²) >= 11 is 5.73. The van der Waals surface area contributed by atoms with Crippen molar-refractivity contribution in [2.45, 2.75) is 13.1 Å². The first kappa shape index (κ1) is 18.4. The number of anilines is 1. The molecule has 25 heavy (non-hydrogen) atoms. The number of benzene rings is 1. The molecular weight excluding hydrogens is 363 g/mol. The Bertz CT molecular complexity index is 897. The van der Waals surface area contributed by atoms with Crippen LogP contribution in [-0.4, -0.2) is 16.2 Å². The molecule has 0 unspecified atom stereocenters. The fourth-order valence-electron chi connectivity index (χ4n) is 1.85. The number of aromatic nitrogens is 1. The molecule has 130 valence electrons. The molecule has 0 fully saturated rings. The molecule has 1 amide bonds. The van der Waals surface area contributed by atoms with Crippen molar-refractivity contribution in [3.8, 4) is 6.07 Å². The van der Waals surface area contributed by atoms with Gasteiger partial charge in [-0.2, -0.15) is 18.4 Å². The first-order valence-corrected chi connectivity index (χ1v) is 6.96. The molecule has 0 aliphatic rings. The number of aliphatic hydroxyl groups excluding tert-OH is 1. The van der Waals surface area contributed by atoms with Gasteiger partial charge in [0.2, 0.25) is 0 Å². The van der Waals surface area contributed by atoms with Gasteiger partial charge in [0.05, 0.1) is 28.0 Å². The van der Waals surface area contributed by atoms with Gasteiger partial charge in [0.1, 0.15) is 11.8 Å². The van der Waals surface area contributed by atoms with Gasteiger partial charge in [-0.1, -0.05) is 16.8 Å². The molecule has 1 heterocycles. The predicted octanol–water partition coefficient (Wildman–Crippen LogP) is 4.09. The van der Waals surface area contributed by atoms with Crippen LogP contribution in [0, 0.1) is 18.3 Å². The van der Waals surface area contributed by atoms with E-state index in [0.29, 0.717) is 6.07 Å². The quantitative estimate of drug-likeness (QED) is 0.481. The van der Waals surface area contributed by atoms with Crippen LogP contribution in [0.4, 0.5) is 18.9 Å². The van der Waals surface area contributed by atoms with Crippen molar-refractivity contribution in [1.29, 1.82) is 5.26 Å². The summed E-state index contributed by atoms with van der Waals surface area (Å²) in [6, 6.07) is 3.82. The first-order chi connectivity index (χ1) is 11.6. The second kappa shape index (κ2) is 6.86. The maximum atomic E-state index is 12.6. The van der Waals surface area contributed by atoms with E-state index in [1.165, 1.54) is 13.0 Å². The smallest absolute Gasteiger partial charge is 0.416 e. The highest BCUT2D eigenvalue weighted by atomic mass is 35.5. The number of nitrogens with zero attached hydrogens (tertiary/aromatic N) is 2. The van der Waals surface area contributed by atoms with E-state index >= 15 is 0 Å². The van der Waals surface area contributed by atoms with E-state index in [-0.39, 0.29) is 22.0 Å². The Morgan fingerprint density at radius 3 is 2.60 bits per heavy atom. The van der Waals surface area contributed by atoms with Gasteiger partial charge in [0, 0.05) is 0 Å². The maximum Gasteiger partial charge on any atom is 0.416 e. The first-order valence-electron chi connectivity index (χ1n) is 6.58. The molecular formula is C15H9ClF3N3O3. The van der Waals surface area contributed by atoms with Gasteiger partial charge in [0.15, 0.2) is 11.3 Å². The van der Waals surface area contributed by atoms with Gasteiger partial charge in [-0.05, 0) is 25.1 Å². The molecule has 0 aliphatic heterocycles. The second-order valence-electron chi connectivity index (χ2n) is 4.78. The van der Waals surface area contributed by atoms with Crippen molar-refractivity contribution in [2.24, 2.45) is 0 Å². The number of carbonyl (C=O) groups is 1. The number of amides is 1. The Morgan fingerprint density at radius 1 is 1.44 bits per heavy atom. The molecule has 1 aromatic carbocycles. The summed E-state index contributed by atoms with van der Waals surface area (Å²) in [5.41, 5.74) is -1.79. The van der Waals surface area contributed by atoms with Gasteiger partial charge in [-0.3, -0.25) is 4.79 Å². The number of halogens is 4. The minimum atomic E-state index is -4.59. The van der Waals surface area contributed by atoms with E-state index in [4.69, 9.17) is 21.4 Å². The normalized spacial score (nSPS) is 12.3. The van der Waals surface area contributed by atoms with Gasteiger partial charge in [-0.15, -0.1) is 0 Å². The molecule has 0 atom stereocenters. The highest BCUT2D eigenvalue weighted by molar-refractivity contribution is 6.34. The van der Waals surface area contributed by atoms with E-state index in [9.17, 15) is 23.1 Å². The van der Waals surface area contributed by atoms with Gasteiger partial charge >= 0.3 is 6.18 Å². The van der Waals surface area contributed by atoms with Gasteiger partial charge in [-0.25, -0.2) is 0 Å². The summed E-state index contributed by atoms with van der Waals surface area (Å²) in [6.45, 7) is 1.46. The number of aryl methyl sites for hydroxylation is 1. The summed E-state index contributed by atoms with van der Waals surface area (Å²) in [5.74, 6) is -1.56. The molecule has 0 spiro atoms. The van der Waals surface area contributed by atoms with Crippen LogP contribution in [0.15, 0.2) is 34.5 Å². The number of hydrogen-bond donors (Lipinski definition) is 2. The van der Waals surface area contributed by atoms with Crippen molar-refractivity contribution in [3.05, 3.63) is 51.9 Å². The summed E-state index contributed by atoms with van der Waals surface area (Å²) in [6.07, 6.45) is -3.48. The highest BCUT2D eigenvalue weighted by Gasteiger charge is 2.31. The van der Waals surface area contributed by atoms with Crippen LogP contribution in [0.1, 0.15) is 16.9 Å². The van der Waals surface area contributed by atoms with Crippen molar-refractivity contribution >= 4 is 29.0 Å². The molecule has 0 bridgehead atoms. The zero-order valence-electron chi connectivity index (χ0n) is 12.5. The summed E-state index contributed by atoms with van der Waals surface area (Å²) < 4.78 is 42.5. The Kier molecular flexibility index (Phi) is 5.04. The van der Waals surface area contributed by atoms with E-state index in [0.717, 1.165) is 18.3 Å². The van der Waals surface area contributed by atoms with E-state index in [2.05, 4.69) is 10.5 Å². The molecule has 1 aromatic heterocycles. The second-order valence-corrected chi connectivity index (χ2v) is 5.18. The third-order valence-corrected chi connectivity index (χ3v) is 3.44. The van der Waals surface area contributed by atoms with Gasteiger partial charge < -0.3 is 14.9 Å². The molecule has 2 N–H and O–H groups in total. The number of hydrogen-bond acceptors (Lipinski definition) is 5. The SMILES string of the molecule is Cc1oncc1/C(O)=C(\C#N)C(=O)Nc1ccc(C(F)(F)F)cc1Cl. The number of aliphatic hydroxyl groups is 1. The van der Waals surface area contributed by atoms with E-state index in [1.807, 2.05) is 0 Å². The predicted molar refractivity (Wildman–Crippen MR) is 81.5 cm³/mol. The third kappa shape index (κ3) is 3.92. The average Bonchev–Trinajstić information content (AvgIpc) is 2.95. The third-order valence-electron chi connectivity index (χ3n) is 3.13. The van der Waals surface area contributed by atoms with Crippen LogP contribution in [-0.2, 0) is 11.0 Å². The zero-order valence-corrected chi connectivity index (χ0v) is 13.2. The lowest BCUT2D eigenvalue weighted by Crippen LogP contribution is -2.16. The highest BCUT2D eigenvalue weighted by Crippen LogP contribution is 2.34. The number of carbonyl (C=O) groups excluding carboxylic acids is 1. The Hall–Kier alpha value is -2.99. The molecule has 6 nitrogen and oxygen atoms in total. The molecule has 0 saturated heterocycles. The van der Waals surface area contributed by atoms with Crippen LogP contribution < -0.4 is 5.32 Å². The number of nitriles is 1. The Morgan fingerprint density at radius 2 is 2.12 bits per heavy atom. The van der Waals surface area contributed by atoms with Crippen LogP contribution in [0.25, 0.3) is 5.76 Å². The van der Waals surface area contributed by atoms with E-state index < -0.39 is 29.0 Å². The fourth-order valence-corrected chi connectivity index (χ4v) is 2.08. The zero-order chi connectivity index (χ0) is 18.8. The molecule has 2 aromatic rings. The van der Waals surface area contributed by atoms with Crippen LogP contribution in [0.5, 0.6) is 0 Å². The number of rotatable bonds is 3. The summed E-state index contributed by atoms with van der Waals surface area (Å²) in [4.78, 5) is 12.1. The monoisotopic (exact) mass is 371 g/mol. The summed E-state index contributed by atoms with van der Waals surface area (Å²) in [5, 5.41) is 24.3. The average molecular weight is 372 g/mol. The molecule has 0 radical (unpaired) electrons. The molecule has 0 aliphatic carbocycles. The van der Waals surface area contributed by atoms with Crippen molar-refractivity contribution < 1.29 is 27.6 Å². The molecule has 10 heteroatoms. The van der Waals surface area contributed by atoms with Crippen molar-refractivity contribution in [3.63, 3.8) is 0 Å². The van der Waals surface area contributed by atoms with Crippen molar-refractivity contribution in [2.75, 3.05) is 5.32 Å². The fraction of sp³-hybridized carbons (Fsp3) is 0.133. The maximum absolute atomic E-state index is 12.6. The minimum Gasteiger partial charge on any atom is -0.506 e. The number of nitrogens with one attached hydrogen (secondary N) is 1. The van der Waals surface area contributed by atoms with E-state index in [1.54, 1.807) is 0 Å². The molecule has 2 rings (SSSR count). The standard InChI is InChI=1S/C15H9ClF3N3O3/c1-7-10(6-21-25-7)13(23)9(5-20)14(24)22-12-3-2-8(4-11(12)16)15(17,18)19/h2-4,6,23H,1H3,(H,22,24)/b13-9-. The number of alkyl halides is 3. The lowest BCUT2D eigenvalue weighted by atomic mass is 10.1. The van der Waals surface area contributed by atoms with Gasteiger partial charge in [0.25, 0.3) is 5.91 Å². The molecule has 0 saturated carbocycles. The van der Waals surface area contributed by atoms with Crippen LogP contribution in [0.2, 0.25) is 5.02 Å². The minimum absolute atomic E-state index is 0.0326. The Labute approximate surface area is 144 Å². The topological polar surface area (TPSA) is 99.2 Å². The van der Waals surface area contributed by atoms with Crippen LogP contribution in [0.3, 0.4) is 0 Å². The van der Waals surface area contributed by atoms with Crippen molar-refractivity contribution in [1.82, 2.24) is 5.16 Å². The van der Waals surface area contributed by atoms with Crippen LogP contribution >= 0.6 is 11.6 Å². The lowest BCUT2D eigenvalue weighted by Gasteiger charge is -2.11. The summed E-state index contributed by atoms with van der Waals surface area (Å²) in [7, 11) is 0. The lowest BCUT2D eigenvalue weighted by molar-refractivity contribution is -0.137. The largest absolute Gasteiger partial charge is 0.506 e. The Balaban J connectivity index is 2.33.